The van der Waals surface area contributed by atoms with Crippen LogP contribution in [0.2, 0.25) is 5.02 Å². The quantitative estimate of drug-likeness (QED) is 0.909. The van der Waals surface area contributed by atoms with Crippen LogP contribution in [0.3, 0.4) is 0 Å². The molecule has 1 unspecified atom stereocenters. The SMILES string of the molecule is CC(=O)N1CCC(NC2CCc3cc(Cl)ccc32)CC1. The summed E-state index contributed by atoms with van der Waals surface area (Å²) in [7, 11) is 0. The van der Waals surface area contributed by atoms with E-state index in [9.17, 15) is 4.79 Å². The number of piperidine rings is 1. The summed E-state index contributed by atoms with van der Waals surface area (Å²) in [6, 6.07) is 7.22. The first kappa shape index (κ1) is 13.9. The molecule has 1 aromatic carbocycles. The van der Waals surface area contributed by atoms with Gasteiger partial charge in [0.1, 0.15) is 0 Å². The van der Waals surface area contributed by atoms with E-state index in [2.05, 4.69) is 17.4 Å². The number of amides is 1. The highest BCUT2D eigenvalue weighted by molar-refractivity contribution is 6.30. The molecule has 3 rings (SSSR count). The molecule has 1 amide bonds. The Balaban J connectivity index is 1.60. The van der Waals surface area contributed by atoms with E-state index in [0.29, 0.717) is 12.1 Å². The molecule has 2 aliphatic rings. The van der Waals surface area contributed by atoms with Crippen LogP contribution >= 0.6 is 11.6 Å². The van der Waals surface area contributed by atoms with E-state index < -0.39 is 0 Å². The third kappa shape index (κ3) is 2.84. The molecule has 1 aliphatic carbocycles. The predicted molar refractivity (Wildman–Crippen MR) is 80.9 cm³/mol. The highest BCUT2D eigenvalue weighted by atomic mass is 35.5. The molecular weight excluding hydrogens is 272 g/mol. The standard InChI is InChI=1S/C16H21ClN2O/c1-11(20)19-8-6-14(7-9-19)18-16-5-2-12-10-13(17)3-4-15(12)16/h3-4,10,14,16,18H,2,5-9H2,1H3. The summed E-state index contributed by atoms with van der Waals surface area (Å²) in [5.74, 6) is 0.198. The zero-order chi connectivity index (χ0) is 14.1. The molecule has 1 heterocycles. The second-order valence-electron chi connectivity index (χ2n) is 5.88. The number of nitrogens with one attached hydrogen (secondary N) is 1. The van der Waals surface area contributed by atoms with Crippen molar-refractivity contribution < 1.29 is 4.79 Å². The molecule has 1 atom stereocenters. The Bertz CT molecular complexity index is 509. The van der Waals surface area contributed by atoms with Gasteiger partial charge < -0.3 is 10.2 Å². The van der Waals surface area contributed by atoms with Crippen molar-refractivity contribution in [2.45, 2.75) is 44.7 Å². The molecule has 20 heavy (non-hydrogen) atoms. The van der Waals surface area contributed by atoms with E-state index in [-0.39, 0.29) is 5.91 Å². The molecule has 1 aliphatic heterocycles. The minimum atomic E-state index is 0.198. The predicted octanol–water partition coefficient (Wildman–Crippen LogP) is 2.93. The van der Waals surface area contributed by atoms with Crippen molar-refractivity contribution in [3.8, 4) is 0 Å². The number of fused-ring (bicyclic) bond motifs is 1. The Kier molecular flexibility index (Phi) is 3.99. The van der Waals surface area contributed by atoms with Crippen LogP contribution in [-0.2, 0) is 11.2 Å². The van der Waals surface area contributed by atoms with E-state index in [0.717, 1.165) is 43.8 Å². The average molecular weight is 293 g/mol. The van der Waals surface area contributed by atoms with Gasteiger partial charge >= 0.3 is 0 Å². The molecule has 0 saturated carbocycles. The lowest BCUT2D eigenvalue weighted by Gasteiger charge is -2.33. The largest absolute Gasteiger partial charge is 0.343 e. The second kappa shape index (κ2) is 5.74. The zero-order valence-corrected chi connectivity index (χ0v) is 12.6. The summed E-state index contributed by atoms with van der Waals surface area (Å²) in [4.78, 5) is 13.3. The smallest absolute Gasteiger partial charge is 0.219 e. The molecule has 1 aromatic rings. The minimum absolute atomic E-state index is 0.198. The lowest BCUT2D eigenvalue weighted by atomic mass is 10.0. The van der Waals surface area contributed by atoms with Gasteiger partial charge in [-0.3, -0.25) is 4.79 Å². The summed E-state index contributed by atoms with van der Waals surface area (Å²) < 4.78 is 0. The van der Waals surface area contributed by atoms with Gasteiger partial charge in [-0.05, 0) is 48.9 Å². The summed E-state index contributed by atoms with van der Waals surface area (Å²) in [6.07, 6.45) is 4.38. The zero-order valence-electron chi connectivity index (χ0n) is 11.9. The van der Waals surface area contributed by atoms with Gasteiger partial charge in [0.25, 0.3) is 0 Å². The number of aryl methyl sites for hydroxylation is 1. The van der Waals surface area contributed by atoms with Crippen LogP contribution < -0.4 is 5.32 Å². The Morgan fingerprint density at radius 1 is 1.30 bits per heavy atom. The number of carbonyl (C=O) groups excluding carboxylic acids is 1. The van der Waals surface area contributed by atoms with Crippen LogP contribution in [0.1, 0.15) is 43.4 Å². The van der Waals surface area contributed by atoms with Crippen LogP contribution in [0.5, 0.6) is 0 Å². The number of likely N-dealkylation sites (tertiary alicyclic amines) is 1. The fourth-order valence-electron chi connectivity index (χ4n) is 3.40. The molecular formula is C16H21ClN2O. The Morgan fingerprint density at radius 2 is 2.05 bits per heavy atom. The van der Waals surface area contributed by atoms with E-state index in [1.54, 1.807) is 6.92 Å². The van der Waals surface area contributed by atoms with Gasteiger partial charge in [-0.2, -0.15) is 0 Å². The fraction of sp³-hybridized carbons (Fsp3) is 0.562. The number of hydrogen-bond acceptors (Lipinski definition) is 2. The highest BCUT2D eigenvalue weighted by Crippen LogP contribution is 2.33. The summed E-state index contributed by atoms with van der Waals surface area (Å²) in [5, 5.41) is 4.60. The van der Waals surface area contributed by atoms with Crippen LogP contribution in [0.4, 0.5) is 0 Å². The lowest BCUT2D eigenvalue weighted by Crippen LogP contribution is -2.44. The maximum absolute atomic E-state index is 11.3. The number of benzene rings is 1. The summed E-state index contributed by atoms with van der Waals surface area (Å²) in [5.41, 5.74) is 2.79. The van der Waals surface area contributed by atoms with Gasteiger partial charge in [-0.25, -0.2) is 0 Å². The van der Waals surface area contributed by atoms with Gasteiger partial charge in [-0.15, -0.1) is 0 Å². The molecule has 1 saturated heterocycles. The van der Waals surface area contributed by atoms with Crippen molar-refractivity contribution in [2.24, 2.45) is 0 Å². The molecule has 108 valence electrons. The van der Waals surface area contributed by atoms with Crippen molar-refractivity contribution >= 4 is 17.5 Å². The number of rotatable bonds is 2. The maximum Gasteiger partial charge on any atom is 0.219 e. The highest BCUT2D eigenvalue weighted by Gasteiger charge is 2.27. The monoisotopic (exact) mass is 292 g/mol. The van der Waals surface area contributed by atoms with Crippen molar-refractivity contribution in [1.29, 1.82) is 0 Å². The van der Waals surface area contributed by atoms with Crippen LogP contribution in [0.25, 0.3) is 0 Å². The molecule has 0 aromatic heterocycles. The van der Waals surface area contributed by atoms with E-state index >= 15 is 0 Å². The lowest BCUT2D eigenvalue weighted by molar-refractivity contribution is -0.129. The topological polar surface area (TPSA) is 32.3 Å². The van der Waals surface area contributed by atoms with Gasteiger partial charge in [0.15, 0.2) is 0 Å². The summed E-state index contributed by atoms with van der Waals surface area (Å²) in [6.45, 7) is 3.42. The van der Waals surface area contributed by atoms with E-state index in [1.807, 2.05) is 11.0 Å². The van der Waals surface area contributed by atoms with Crippen molar-refractivity contribution in [3.05, 3.63) is 34.3 Å². The molecule has 3 nitrogen and oxygen atoms in total. The first-order valence-corrected chi connectivity index (χ1v) is 7.81. The fourth-order valence-corrected chi connectivity index (χ4v) is 3.60. The number of carbonyl (C=O) groups is 1. The third-order valence-corrected chi connectivity index (χ3v) is 4.80. The molecule has 0 radical (unpaired) electrons. The normalized spacial score (nSPS) is 22.9. The molecule has 1 fully saturated rings. The first-order valence-electron chi connectivity index (χ1n) is 7.43. The van der Waals surface area contributed by atoms with Gasteiger partial charge in [-0.1, -0.05) is 17.7 Å². The van der Waals surface area contributed by atoms with Crippen molar-refractivity contribution in [3.63, 3.8) is 0 Å². The number of hydrogen-bond donors (Lipinski definition) is 1. The number of halogens is 1. The molecule has 0 bridgehead atoms. The second-order valence-corrected chi connectivity index (χ2v) is 6.32. The molecule has 0 spiro atoms. The number of nitrogens with zero attached hydrogens (tertiary/aromatic N) is 1. The van der Waals surface area contributed by atoms with E-state index in [1.165, 1.54) is 11.1 Å². The minimum Gasteiger partial charge on any atom is -0.343 e. The van der Waals surface area contributed by atoms with Crippen LogP contribution in [0, 0.1) is 0 Å². The Morgan fingerprint density at radius 3 is 2.75 bits per heavy atom. The van der Waals surface area contributed by atoms with Crippen LogP contribution in [0.15, 0.2) is 18.2 Å². The molecule has 1 N–H and O–H groups in total. The van der Waals surface area contributed by atoms with Gasteiger partial charge in [0, 0.05) is 37.1 Å². The molecule has 4 heteroatoms. The van der Waals surface area contributed by atoms with Crippen LogP contribution in [-0.4, -0.2) is 29.9 Å². The van der Waals surface area contributed by atoms with Crippen molar-refractivity contribution in [2.75, 3.05) is 13.1 Å². The average Bonchev–Trinajstić information content (AvgIpc) is 2.81. The van der Waals surface area contributed by atoms with Crippen molar-refractivity contribution in [1.82, 2.24) is 10.2 Å². The first-order chi connectivity index (χ1) is 9.63. The van der Waals surface area contributed by atoms with Gasteiger partial charge in [0.05, 0.1) is 0 Å². The van der Waals surface area contributed by atoms with E-state index in [4.69, 9.17) is 11.6 Å². The summed E-state index contributed by atoms with van der Waals surface area (Å²) >= 11 is 6.05. The maximum atomic E-state index is 11.3. The third-order valence-electron chi connectivity index (χ3n) is 4.56. The Hall–Kier alpha value is -1.06. The van der Waals surface area contributed by atoms with Gasteiger partial charge in [0.2, 0.25) is 5.91 Å². The Labute approximate surface area is 125 Å².